The minimum atomic E-state index is -1.02. The zero-order chi connectivity index (χ0) is 23.7. The van der Waals surface area contributed by atoms with Crippen LogP contribution in [0, 0.1) is 11.6 Å². The van der Waals surface area contributed by atoms with Crippen LogP contribution < -0.4 is 0 Å². The molecule has 8 heteroatoms. The first-order valence-corrected chi connectivity index (χ1v) is 10.7. The van der Waals surface area contributed by atoms with Gasteiger partial charge in [-0.1, -0.05) is 12.1 Å². The van der Waals surface area contributed by atoms with Crippen LogP contribution in [0.25, 0.3) is 44.5 Å². The van der Waals surface area contributed by atoms with Gasteiger partial charge in [-0.2, -0.15) is 5.10 Å². The molecule has 5 aromatic rings. The van der Waals surface area contributed by atoms with Crippen LogP contribution in [0.1, 0.15) is 0 Å². The van der Waals surface area contributed by atoms with E-state index in [2.05, 4.69) is 10.1 Å². The Kier molecular flexibility index (Phi) is 5.83. The number of aliphatic hydroxyl groups is 2. The molecule has 1 unspecified atom stereocenters. The van der Waals surface area contributed by atoms with Gasteiger partial charge in [0.05, 0.1) is 31.1 Å². The number of hydrogen-bond donors (Lipinski definition) is 2. The van der Waals surface area contributed by atoms with E-state index in [0.717, 1.165) is 22.3 Å². The van der Waals surface area contributed by atoms with Crippen molar-refractivity contribution >= 4 is 11.0 Å². The van der Waals surface area contributed by atoms with Crippen LogP contribution in [0.5, 0.6) is 0 Å². The van der Waals surface area contributed by atoms with E-state index in [9.17, 15) is 19.0 Å². The van der Waals surface area contributed by atoms with E-state index in [-0.39, 0.29) is 18.2 Å². The van der Waals surface area contributed by atoms with Crippen molar-refractivity contribution in [2.45, 2.75) is 12.6 Å². The Bertz CT molecular complexity index is 1440. The maximum absolute atomic E-state index is 13.8. The van der Waals surface area contributed by atoms with Crippen LogP contribution in [0.2, 0.25) is 0 Å². The van der Waals surface area contributed by atoms with E-state index >= 15 is 0 Å². The molecule has 0 aliphatic heterocycles. The van der Waals surface area contributed by atoms with Crippen LogP contribution >= 0.6 is 0 Å². The third kappa shape index (κ3) is 4.05. The maximum atomic E-state index is 13.8. The predicted molar refractivity (Wildman–Crippen MR) is 125 cm³/mol. The average Bonchev–Trinajstić information content (AvgIpc) is 3.26. The second-order valence-electron chi connectivity index (χ2n) is 7.86. The van der Waals surface area contributed by atoms with Crippen molar-refractivity contribution < 1.29 is 19.0 Å². The molecule has 0 aliphatic rings. The summed E-state index contributed by atoms with van der Waals surface area (Å²) in [6, 6.07) is 15.9. The van der Waals surface area contributed by atoms with Gasteiger partial charge in [-0.25, -0.2) is 18.4 Å². The number of benzene rings is 2. The van der Waals surface area contributed by atoms with Crippen LogP contribution in [0.15, 0.2) is 79.3 Å². The molecule has 0 fully saturated rings. The zero-order valence-corrected chi connectivity index (χ0v) is 17.9. The average molecular weight is 458 g/mol. The first-order chi connectivity index (χ1) is 16.5. The number of halogens is 2. The number of rotatable bonds is 6. The molecule has 5 rings (SSSR count). The van der Waals surface area contributed by atoms with Crippen LogP contribution in [-0.4, -0.2) is 42.7 Å². The summed E-state index contributed by atoms with van der Waals surface area (Å²) in [5, 5.41) is 24.5. The molecule has 3 heterocycles. The molecule has 6 nitrogen and oxygen atoms in total. The number of fused-ring (bicyclic) bond motifs is 1. The molecular weight excluding hydrogens is 438 g/mol. The highest BCUT2D eigenvalue weighted by Crippen LogP contribution is 2.43. The van der Waals surface area contributed by atoms with Gasteiger partial charge in [0.2, 0.25) is 0 Å². The summed E-state index contributed by atoms with van der Waals surface area (Å²) in [7, 11) is 0. The van der Waals surface area contributed by atoms with Gasteiger partial charge < -0.3 is 10.2 Å². The highest BCUT2D eigenvalue weighted by Gasteiger charge is 2.23. The van der Waals surface area contributed by atoms with Gasteiger partial charge in [0.15, 0.2) is 5.65 Å². The molecule has 1 atom stereocenters. The van der Waals surface area contributed by atoms with Crippen LogP contribution in [-0.2, 0) is 6.54 Å². The van der Waals surface area contributed by atoms with E-state index in [0.29, 0.717) is 22.3 Å². The summed E-state index contributed by atoms with van der Waals surface area (Å²) in [4.78, 5) is 9.01. The molecule has 0 aliphatic carbocycles. The van der Waals surface area contributed by atoms with Gasteiger partial charge in [-0.3, -0.25) is 4.98 Å². The second-order valence-corrected chi connectivity index (χ2v) is 7.86. The molecule has 0 saturated heterocycles. The Morgan fingerprint density at radius 3 is 2.00 bits per heavy atom. The molecule has 3 aromatic heterocycles. The molecule has 0 bridgehead atoms. The van der Waals surface area contributed by atoms with E-state index < -0.39 is 12.7 Å². The Balaban J connectivity index is 1.89. The Morgan fingerprint density at radius 2 is 1.38 bits per heavy atom. The minimum absolute atomic E-state index is 0.0350. The van der Waals surface area contributed by atoms with Gasteiger partial charge in [0.1, 0.15) is 11.6 Å². The van der Waals surface area contributed by atoms with Crippen molar-refractivity contribution in [1.82, 2.24) is 19.7 Å². The van der Waals surface area contributed by atoms with Crippen LogP contribution in [0.4, 0.5) is 8.78 Å². The van der Waals surface area contributed by atoms with E-state index in [4.69, 9.17) is 4.98 Å². The number of pyridine rings is 2. The summed E-state index contributed by atoms with van der Waals surface area (Å²) in [6.45, 7) is -0.389. The summed E-state index contributed by atoms with van der Waals surface area (Å²) >= 11 is 0. The van der Waals surface area contributed by atoms with Crippen molar-refractivity contribution in [2.24, 2.45) is 0 Å². The van der Waals surface area contributed by atoms with Gasteiger partial charge >= 0.3 is 0 Å². The normalized spacial score (nSPS) is 12.2. The molecule has 0 saturated carbocycles. The third-order valence-electron chi connectivity index (χ3n) is 5.60. The topological polar surface area (TPSA) is 84.1 Å². The highest BCUT2D eigenvalue weighted by molar-refractivity contribution is 6.06. The fraction of sp³-hybridized carbons (Fsp3) is 0.115. The smallest absolute Gasteiger partial charge is 0.159 e. The zero-order valence-electron chi connectivity index (χ0n) is 17.9. The fourth-order valence-electron chi connectivity index (χ4n) is 4.01. The summed E-state index contributed by atoms with van der Waals surface area (Å²) < 4.78 is 29.0. The largest absolute Gasteiger partial charge is 0.394 e. The molecule has 2 aromatic carbocycles. The third-order valence-corrected chi connectivity index (χ3v) is 5.60. The second kappa shape index (κ2) is 9.09. The lowest BCUT2D eigenvalue weighted by Crippen LogP contribution is -2.20. The molecule has 2 N–H and O–H groups in total. The Morgan fingerprint density at radius 1 is 0.794 bits per heavy atom. The lowest BCUT2D eigenvalue weighted by atomic mass is 9.89. The predicted octanol–water partition coefficient (Wildman–Crippen LogP) is 4.46. The molecule has 0 spiro atoms. The highest BCUT2D eigenvalue weighted by atomic mass is 19.1. The first kappa shape index (κ1) is 21.8. The number of hydrogen-bond acceptors (Lipinski definition) is 5. The molecule has 0 amide bonds. The van der Waals surface area contributed by atoms with E-state index in [1.165, 1.54) is 28.9 Å². The standard InChI is InChI=1S/C26H20F2N4O2/c27-19-5-1-16(2-6-19)23-22-13-30-32(14-21(34)15-33)26(22)31-25(18-3-7-20(28)8-4-18)24(23)17-9-11-29-12-10-17/h1-13,21,33-34H,14-15H2. The quantitative estimate of drug-likeness (QED) is 0.393. The molecular formula is C26H20F2N4O2. The SMILES string of the molecule is OCC(O)Cn1ncc2c(-c3ccc(F)cc3)c(-c3ccncc3)c(-c3ccc(F)cc3)nc21. The van der Waals surface area contributed by atoms with Gasteiger partial charge in [0.25, 0.3) is 0 Å². The maximum Gasteiger partial charge on any atom is 0.159 e. The summed E-state index contributed by atoms with van der Waals surface area (Å²) in [5.74, 6) is -0.731. The van der Waals surface area contributed by atoms with Crippen molar-refractivity contribution in [2.75, 3.05) is 6.61 Å². The van der Waals surface area contributed by atoms with Crippen molar-refractivity contribution in [1.29, 1.82) is 0 Å². The molecule has 170 valence electrons. The van der Waals surface area contributed by atoms with E-state index in [1.54, 1.807) is 42.9 Å². The monoisotopic (exact) mass is 458 g/mol. The van der Waals surface area contributed by atoms with Gasteiger partial charge in [-0.05, 0) is 59.7 Å². The van der Waals surface area contributed by atoms with Crippen LogP contribution in [0.3, 0.4) is 0 Å². The summed E-state index contributed by atoms with van der Waals surface area (Å²) in [5.41, 5.74) is 4.81. The number of aromatic nitrogens is 4. The van der Waals surface area contributed by atoms with Crippen molar-refractivity contribution in [3.05, 3.63) is 90.9 Å². The Labute approximate surface area is 193 Å². The molecule has 34 heavy (non-hydrogen) atoms. The van der Waals surface area contributed by atoms with Crippen molar-refractivity contribution in [3.63, 3.8) is 0 Å². The van der Waals surface area contributed by atoms with Gasteiger partial charge in [0, 0.05) is 34.5 Å². The van der Waals surface area contributed by atoms with E-state index in [1.807, 2.05) is 12.1 Å². The fourth-order valence-corrected chi connectivity index (χ4v) is 4.01. The number of nitrogens with zero attached hydrogens (tertiary/aromatic N) is 4. The molecule has 0 radical (unpaired) electrons. The van der Waals surface area contributed by atoms with Crippen molar-refractivity contribution in [3.8, 4) is 33.5 Å². The summed E-state index contributed by atoms with van der Waals surface area (Å²) in [6.07, 6.45) is 3.96. The lowest BCUT2D eigenvalue weighted by Gasteiger charge is -2.17. The lowest BCUT2D eigenvalue weighted by molar-refractivity contribution is 0.0792. The number of aliphatic hydroxyl groups excluding tert-OH is 2. The minimum Gasteiger partial charge on any atom is -0.394 e. The Hall–Kier alpha value is -4.01. The van der Waals surface area contributed by atoms with Gasteiger partial charge in [-0.15, -0.1) is 0 Å². The first-order valence-electron chi connectivity index (χ1n) is 10.7.